The maximum absolute atomic E-state index is 11.0. The van der Waals surface area contributed by atoms with Crippen LogP contribution in [0.2, 0.25) is 0 Å². The Balaban J connectivity index is 1.71. The van der Waals surface area contributed by atoms with Gasteiger partial charge in [0.05, 0.1) is 9.40 Å². The Hall–Kier alpha value is -0.980. The number of nitro groups is 1. The first-order valence-corrected chi connectivity index (χ1v) is 8.22. The van der Waals surface area contributed by atoms with Crippen LogP contribution in [0, 0.1) is 10.1 Å². The Bertz CT molecular complexity index is 540. The molecule has 2 saturated heterocycles. The summed E-state index contributed by atoms with van der Waals surface area (Å²) in [6.45, 7) is 0.742. The van der Waals surface area contributed by atoms with Gasteiger partial charge in [-0.1, -0.05) is 12.1 Å². The van der Waals surface area contributed by atoms with Crippen LogP contribution in [0.4, 0.5) is 5.69 Å². The minimum absolute atomic E-state index is 0.145. The van der Waals surface area contributed by atoms with Crippen molar-refractivity contribution in [2.75, 3.05) is 7.05 Å². The minimum atomic E-state index is -0.335. The highest BCUT2D eigenvalue weighted by molar-refractivity contribution is 9.10. The van der Waals surface area contributed by atoms with Crippen molar-refractivity contribution in [1.29, 1.82) is 0 Å². The van der Waals surface area contributed by atoms with Crippen molar-refractivity contribution >= 4 is 21.6 Å². The molecule has 0 spiro atoms. The first-order chi connectivity index (χ1) is 10.0. The molecule has 5 nitrogen and oxygen atoms in total. The van der Waals surface area contributed by atoms with E-state index in [0.29, 0.717) is 22.6 Å². The van der Waals surface area contributed by atoms with E-state index in [1.807, 2.05) is 6.07 Å². The summed E-state index contributed by atoms with van der Waals surface area (Å²) in [5.41, 5.74) is 1.13. The zero-order chi connectivity index (χ0) is 15.0. The van der Waals surface area contributed by atoms with Gasteiger partial charge in [0.25, 0.3) is 5.69 Å². The van der Waals surface area contributed by atoms with Gasteiger partial charge in [0, 0.05) is 30.7 Å². The molecule has 0 amide bonds. The van der Waals surface area contributed by atoms with Crippen molar-refractivity contribution in [2.45, 2.75) is 50.4 Å². The van der Waals surface area contributed by atoms with Gasteiger partial charge in [-0.3, -0.25) is 15.0 Å². The largest absolute Gasteiger partial charge is 0.311 e. The predicted octanol–water partition coefficient (Wildman–Crippen LogP) is 3.07. The lowest BCUT2D eigenvalue weighted by Crippen LogP contribution is -2.46. The van der Waals surface area contributed by atoms with E-state index in [-0.39, 0.29) is 10.6 Å². The van der Waals surface area contributed by atoms with Crippen molar-refractivity contribution in [1.82, 2.24) is 10.2 Å². The highest BCUT2D eigenvalue weighted by Gasteiger charge is 2.35. The Kier molecular flexibility index (Phi) is 4.28. The second-order valence-corrected chi connectivity index (χ2v) is 6.98. The molecule has 1 aromatic rings. The number of nitrogens with zero attached hydrogens (tertiary/aromatic N) is 2. The van der Waals surface area contributed by atoms with Gasteiger partial charge < -0.3 is 5.32 Å². The van der Waals surface area contributed by atoms with E-state index in [0.717, 1.165) is 12.1 Å². The van der Waals surface area contributed by atoms with Crippen molar-refractivity contribution in [3.63, 3.8) is 0 Å². The zero-order valence-electron chi connectivity index (χ0n) is 12.1. The van der Waals surface area contributed by atoms with Crippen LogP contribution in [0.5, 0.6) is 0 Å². The van der Waals surface area contributed by atoms with E-state index in [4.69, 9.17) is 0 Å². The van der Waals surface area contributed by atoms with Crippen molar-refractivity contribution in [3.8, 4) is 0 Å². The number of hydrogen-bond donors (Lipinski definition) is 1. The van der Waals surface area contributed by atoms with Gasteiger partial charge in [0.2, 0.25) is 0 Å². The Morgan fingerprint density at radius 3 is 2.67 bits per heavy atom. The first kappa shape index (κ1) is 14.9. The summed E-state index contributed by atoms with van der Waals surface area (Å²) < 4.78 is 0.610. The molecule has 1 aromatic carbocycles. The number of rotatable bonds is 4. The first-order valence-electron chi connectivity index (χ1n) is 7.42. The Morgan fingerprint density at radius 1 is 1.38 bits per heavy atom. The molecule has 3 rings (SSSR count). The molecule has 114 valence electrons. The molecule has 2 heterocycles. The van der Waals surface area contributed by atoms with Crippen LogP contribution in [-0.4, -0.2) is 35.0 Å². The number of hydrogen-bond acceptors (Lipinski definition) is 4. The molecule has 0 saturated carbocycles. The molecular weight excluding hydrogens is 334 g/mol. The summed E-state index contributed by atoms with van der Waals surface area (Å²) in [7, 11) is 2.13. The number of nitro benzene ring substituents is 1. The van der Waals surface area contributed by atoms with E-state index < -0.39 is 0 Å². The van der Waals surface area contributed by atoms with Crippen LogP contribution >= 0.6 is 15.9 Å². The second kappa shape index (κ2) is 6.02. The molecule has 1 N–H and O–H groups in total. The van der Waals surface area contributed by atoms with Gasteiger partial charge in [0.1, 0.15) is 0 Å². The third-order valence-corrected chi connectivity index (χ3v) is 5.66. The van der Waals surface area contributed by atoms with Gasteiger partial charge in [-0.2, -0.15) is 0 Å². The fraction of sp³-hybridized carbons (Fsp3) is 0.600. The molecule has 0 radical (unpaired) electrons. The maximum Gasteiger partial charge on any atom is 0.283 e. The molecule has 2 aliphatic rings. The standard InChI is InChI=1S/C15H20BrN3O2/c1-18(13-7-11-5-6-12(8-13)17-11)9-10-3-2-4-14(15(10)16)19(20)21/h2-4,11-13,17H,5-9H2,1H3. The normalized spacial score (nSPS) is 28.0. The fourth-order valence-electron chi connectivity index (χ4n) is 3.61. The second-order valence-electron chi connectivity index (χ2n) is 6.19. The number of fused-ring (bicyclic) bond motifs is 2. The van der Waals surface area contributed by atoms with Crippen LogP contribution in [0.25, 0.3) is 0 Å². The number of piperidine rings is 1. The van der Waals surface area contributed by atoms with Gasteiger partial charge in [-0.15, -0.1) is 0 Å². The third kappa shape index (κ3) is 3.12. The van der Waals surface area contributed by atoms with Gasteiger partial charge in [-0.25, -0.2) is 0 Å². The minimum Gasteiger partial charge on any atom is -0.311 e. The number of nitrogens with one attached hydrogen (secondary N) is 1. The topological polar surface area (TPSA) is 58.4 Å². The van der Waals surface area contributed by atoms with Crippen LogP contribution in [-0.2, 0) is 6.54 Å². The van der Waals surface area contributed by atoms with Crippen LogP contribution in [0.3, 0.4) is 0 Å². The van der Waals surface area contributed by atoms with Gasteiger partial charge in [-0.05, 0) is 54.2 Å². The summed E-state index contributed by atoms with van der Waals surface area (Å²) in [5, 5.41) is 14.7. The van der Waals surface area contributed by atoms with Crippen molar-refractivity contribution in [2.24, 2.45) is 0 Å². The smallest absolute Gasteiger partial charge is 0.283 e. The summed E-state index contributed by atoms with van der Waals surface area (Å²) >= 11 is 3.39. The highest BCUT2D eigenvalue weighted by atomic mass is 79.9. The monoisotopic (exact) mass is 353 g/mol. The molecule has 2 bridgehead atoms. The lowest BCUT2D eigenvalue weighted by atomic mass is 9.98. The molecule has 21 heavy (non-hydrogen) atoms. The van der Waals surface area contributed by atoms with E-state index >= 15 is 0 Å². The number of halogens is 1. The molecule has 0 aromatic heterocycles. The van der Waals surface area contributed by atoms with E-state index in [1.165, 1.54) is 25.7 Å². The van der Waals surface area contributed by atoms with Crippen LogP contribution < -0.4 is 5.32 Å². The number of benzene rings is 1. The fourth-order valence-corrected chi connectivity index (χ4v) is 4.15. The van der Waals surface area contributed by atoms with E-state index in [2.05, 4.69) is 33.2 Å². The van der Waals surface area contributed by atoms with Crippen molar-refractivity contribution in [3.05, 3.63) is 38.3 Å². The molecule has 2 unspecified atom stereocenters. The summed E-state index contributed by atoms with van der Waals surface area (Å²) in [6.07, 6.45) is 4.93. The Labute approximate surface area is 133 Å². The lowest BCUT2D eigenvalue weighted by molar-refractivity contribution is -0.385. The van der Waals surface area contributed by atoms with E-state index in [1.54, 1.807) is 12.1 Å². The lowest BCUT2D eigenvalue weighted by Gasteiger charge is -2.35. The van der Waals surface area contributed by atoms with Gasteiger partial charge >= 0.3 is 0 Å². The molecule has 0 aliphatic carbocycles. The van der Waals surface area contributed by atoms with Crippen LogP contribution in [0.1, 0.15) is 31.2 Å². The summed E-state index contributed by atoms with van der Waals surface area (Å²) in [4.78, 5) is 13.0. The third-order valence-electron chi connectivity index (χ3n) is 4.75. The SMILES string of the molecule is CN(Cc1cccc([N+](=O)[O-])c1Br)C1CC2CCC(C1)N2. The maximum atomic E-state index is 11.0. The zero-order valence-corrected chi connectivity index (χ0v) is 13.7. The predicted molar refractivity (Wildman–Crippen MR) is 85.2 cm³/mol. The molecule has 2 fully saturated rings. The van der Waals surface area contributed by atoms with Crippen LogP contribution in [0.15, 0.2) is 22.7 Å². The van der Waals surface area contributed by atoms with Gasteiger partial charge in [0.15, 0.2) is 0 Å². The van der Waals surface area contributed by atoms with E-state index in [9.17, 15) is 10.1 Å². The molecule has 2 aliphatic heterocycles. The summed E-state index contributed by atoms with van der Waals surface area (Å²) in [6, 6.07) is 7.14. The Morgan fingerprint density at radius 2 is 2.05 bits per heavy atom. The molecule has 6 heteroatoms. The molecule has 2 atom stereocenters. The highest BCUT2D eigenvalue weighted by Crippen LogP contribution is 2.32. The average molecular weight is 354 g/mol. The quantitative estimate of drug-likeness (QED) is 0.667. The van der Waals surface area contributed by atoms with Crippen molar-refractivity contribution < 1.29 is 4.92 Å². The summed E-state index contributed by atoms with van der Waals surface area (Å²) in [5.74, 6) is 0. The molecular formula is C15H20BrN3O2. The average Bonchev–Trinajstić information content (AvgIpc) is 2.79.